The number of esters is 1. The van der Waals surface area contributed by atoms with Crippen LogP contribution in [0, 0.1) is 0 Å². The summed E-state index contributed by atoms with van der Waals surface area (Å²) in [5, 5.41) is 0. The molecule has 1 heterocycles. The van der Waals surface area contributed by atoms with E-state index >= 15 is 0 Å². The van der Waals surface area contributed by atoms with E-state index in [-0.39, 0.29) is 31.2 Å². The fourth-order valence-corrected chi connectivity index (χ4v) is 2.99. The SMILES string of the molecule is COc1ccc(OCC(=O)OCC(=O)N2[C@H](C)CCC[C@@H]2C)cc1. The largest absolute Gasteiger partial charge is 0.497 e. The number of amides is 1. The Balaban J connectivity index is 1.74. The third-order valence-corrected chi connectivity index (χ3v) is 4.25. The average Bonchev–Trinajstić information content (AvgIpc) is 2.58. The zero-order valence-corrected chi connectivity index (χ0v) is 14.5. The van der Waals surface area contributed by atoms with Gasteiger partial charge in [0.2, 0.25) is 0 Å². The molecule has 132 valence electrons. The monoisotopic (exact) mass is 335 g/mol. The maximum Gasteiger partial charge on any atom is 0.344 e. The van der Waals surface area contributed by atoms with Crippen LogP contribution in [0.1, 0.15) is 33.1 Å². The van der Waals surface area contributed by atoms with E-state index in [2.05, 4.69) is 0 Å². The molecule has 0 spiro atoms. The van der Waals surface area contributed by atoms with Gasteiger partial charge in [-0.05, 0) is 57.4 Å². The van der Waals surface area contributed by atoms with Gasteiger partial charge in [-0.2, -0.15) is 0 Å². The van der Waals surface area contributed by atoms with E-state index in [9.17, 15) is 9.59 Å². The molecule has 1 aromatic rings. The van der Waals surface area contributed by atoms with Gasteiger partial charge in [0.1, 0.15) is 11.5 Å². The number of rotatable bonds is 6. The number of ether oxygens (including phenoxy) is 3. The lowest BCUT2D eigenvalue weighted by atomic mass is 9.97. The predicted molar refractivity (Wildman–Crippen MR) is 89.1 cm³/mol. The molecule has 1 saturated heterocycles. The molecule has 1 aromatic carbocycles. The van der Waals surface area contributed by atoms with Gasteiger partial charge in [-0.3, -0.25) is 4.79 Å². The fourth-order valence-electron chi connectivity index (χ4n) is 2.99. The summed E-state index contributed by atoms with van der Waals surface area (Å²) >= 11 is 0. The van der Waals surface area contributed by atoms with Crippen molar-refractivity contribution in [1.82, 2.24) is 4.90 Å². The molecule has 1 fully saturated rings. The number of benzene rings is 1. The first-order valence-electron chi connectivity index (χ1n) is 8.25. The number of methoxy groups -OCH3 is 1. The van der Waals surface area contributed by atoms with E-state index in [4.69, 9.17) is 14.2 Å². The summed E-state index contributed by atoms with van der Waals surface area (Å²) in [7, 11) is 1.58. The van der Waals surface area contributed by atoms with Crippen molar-refractivity contribution in [3.05, 3.63) is 24.3 Å². The smallest absolute Gasteiger partial charge is 0.344 e. The molecule has 6 heteroatoms. The van der Waals surface area contributed by atoms with E-state index in [1.54, 1.807) is 31.4 Å². The van der Waals surface area contributed by atoms with Gasteiger partial charge >= 0.3 is 5.97 Å². The summed E-state index contributed by atoms with van der Waals surface area (Å²) in [5.74, 6) is 0.543. The highest BCUT2D eigenvalue weighted by Gasteiger charge is 2.29. The Morgan fingerprint density at radius 2 is 1.62 bits per heavy atom. The molecule has 1 aliphatic heterocycles. The standard InChI is InChI=1S/C18H25NO5/c1-13-5-4-6-14(2)19(13)17(20)11-24-18(21)12-23-16-9-7-15(22-3)8-10-16/h7-10,13-14H,4-6,11-12H2,1-3H3/t13-,14+. The molecule has 2 atom stereocenters. The van der Waals surface area contributed by atoms with E-state index < -0.39 is 5.97 Å². The molecule has 0 saturated carbocycles. The molecule has 6 nitrogen and oxygen atoms in total. The molecule has 1 amide bonds. The van der Waals surface area contributed by atoms with Crippen LogP contribution in [-0.4, -0.2) is 49.2 Å². The molecule has 2 rings (SSSR count). The Morgan fingerprint density at radius 1 is 1.04 bits per heavy atom. The van der Waals surface area contributed by atoms with Crippen molar-refractivity contribution in [2.75, 3.05) is 20.3 Å². The molecule has 0 bridgehead atoms. The Labute approximate surface area is 142 Å². The molecule has 1 aliphatic rings. The first-order chi connectivity index (χ1) is 11.5. The minimum atomic E-state index is -0.559. The first kappa shape index (κ1) is 18.1. The molecule has 0 aliphatic carbocycles. The van der Waals surface area contributed by atoms with Crippen molar-refractivity contribution >= 4 is 11.9 Å². The van der Waals surface area contributed by atoms with Crippen LogP contribution in [-0.2, 0) is 14.3 Å². The van der Waals surface area contributed by atoms with Crippen molar-refractivity contribution in [2.24, 2.45) is 0 Å². The highest BCUT2D eigenvalue weighted by Crippen LogP contribution is 2.22. The van der Waals surface area contributed by atoms with Gasteiger partial charge in [-0.1, -0.05) is 0 Å². The number of carbonyl (C=O) groups is 2. The van der Waals surface area contributed by atoms with Gasteiger partial charge < -0.3 is 19.1 Å². The molecule has 0 unspecified atom stereocenters. The maximum absolute atomic E-state index is 12.3. The van der Waals surface area contributed by atoms with Crippen LogP contribution >= 0.6 is 0 Å². The molecule has 24 heavy (non-hydrogen) atoms. The molecule has 0 N–H and O–H groups in total. The third-order valence-electron chi connectivity index (χ3n) is 4.25. The highest BCUT2D eigenvalue weighted by atomic mass is 16.6. The zero-order chi connectivity index (χ0) is 17.5. The van der Waals surface area contributed by atoms with Crippen molar-refractivity contribution in [2.45, 2.75) is 45.2 Å². The number of hydrogen-bond donors (Lipinski definition) is 0. The maximum atomic E-state index is 12.3. The Bertz CT molecular complexity index is 547. The fraction of sp³-hybridized carbons (Fsp3) is 0.556. The van der Waals surface area contributed by atoms with Crippen LogP contribution in [0.15, 0.2) is 24.3 Å². The molecular weight excluding hydrogens is 310 g/mol. The summed E-state index contributed by atoms with van der Waals surface area (Å²) in [6, 6.07) is 7.26. The quantitative estimate of drug-likeness (QED) is 0.747. The highest BCUT2D eigenvalue weighted by molar-refractivity contribution is 5.81. The van der Waals surface area contributed by atoms with Gasteiger partial charge in [0, 0.05) is 12.1 Å². The van der Waals surface area contributed by atoms with Crippen molar-refractivity contribution < 1.29 is 23.8 Å². The number of nitrogens with zero attached hydrogens (tertiary/aromatic N) is 1. The van der Waals surface area contributed by atoms with Gasteiger partial charge in [0.25, 0.3) is 5.91 Å². The van der Waals surface area contributed by atoms with E-state index in [0.717, 1.165) is 19.3 Å². The summed E-state index contributed by atoms with van der Waals surface area (Å²) in [6.07, 6.45) is 3.11. The summed E-state index contributed by atoms with van der Waals surface area (Å²) in [6.45, 7) is 3.59. The molecule has 0 aromatic heterocycles. The van der Waals surface area contributed by atoms with Crippen LogP contribution in [0.25, 0.3) is 0 Å². The van der Waals surface area contributed by atoms with Gasteiger partial charge in [-0.25, -0.2) is 4.79 Å². The van der Waals surface area contributed by atoms with Crippen molar-refractivity contribution in [3.63, 3.8) is 0 Å². The third kappa shape index (κ3) is 4.88. The van der Waals surface area contributed by atoms with Crippen LogP contribution in [0.2, 0.25) is 0 Å². The van der Waals surface area contributed by atoms with Crippen LogP contribution < -0.4 is 9.47 Å². The first-order valence-corrected chi connectivity index (χ1v) is 8.25. The van der Waals surface area contributed by atoms with Crippen LogP contribution in [0.4, 0.5) is 0 Å². The number of piperidine rings is 1. The van der Waals surface area contributed by atoms with E-state index in [1.165, 1.54) is 0 Å². The second-order valence-corrected chi connectivity index (χ2v) is 6.05. The van der Waals surface area contributed by atoms with Crippen LogP contribution in [0.3, 0.4) is 0 Å². The minimum Gasteiger partial charge on any atom is -0.497 e. The van der Waals surface area contributed by atoms with E-state index in [0.29, 0.717) is 11.5 Å². The average molecular weight is 335 g/mol. The Morgan fingerprint density at radius 3 is 2.21 bits per heavy atom. The lowest BCUT2D eigenvalue weighted by Crippen LogP contribution is -2.49. The van der Waals surface area contributed by atoms with E-state index in [1.807, 2.05) is 18.7 Å². The van der Waals surface area contributed by atoms with Gasteiger partial charge in [0.05, 0.1) is 7.11 Å². The second-order valence-electron chi connectivity index (χ2n) is 6.05. The number of carbonyl (C=O) groups excluding carboxylic acids is 2. The van der Waals surface area contributed by atoms with Crippen LogP contribution in [0.5, 0.6) is 11.5 Å². The topological polar surface area (TPSA) is 65.1 Å². The summed E-state index contributed by atoms with van der Waals surface area (Å²) < 4.78 is 15.4. The second kappa shape index (κ2) is 8.57. The van der Waals surface area contributed by atoms with Crippen molar-refractivity contribution in [1.29, 1.82) is 0 Å². The summed E-state index contributed by atoms with van der Waals surface area (Å²) in [5.41, 5.74) is 0. The normalized spacial score (nSPS) is 20.4. The lowest BCUT2D eigenvalue weighted by molar-refractivity contribution is -0.156. The van der Waals surface area contributed by atoms with Gasteiger partial charge in [-0.15, -0.1) is 0 Å². The lowest BCUT2D eigenvalue weighted by Gasteiger charge is -2.38. The van der Waals surface area contributed by atoms with Crippen molar-refractivity contribution in [3.8, 4) is 11.5 Å². The predicted octanol–water partition coefficient (Wildman–Crippen LogP) is 2.41. The minimum absolute atomic E-state index is 0.146. The van der Waals surface area contributed by atoms with Gasteiger partial charge in [0.15, 0.2) is 13.2 Å². The Hall–Kier alpha value is -2.24. The summed E-state index contributed by atoms with van der Waals surface area (Å²) in [4.78, 5) is 25.8. The molecule has 0 radical (unpaired) electrons. The zero-order valence-electron chi connectivity index (χ0n) is 14.5. The Kier molecular flexibility index (Phi) is 6.46. The number of hydrogen-bond acceptors (Lipinski definition) is 5. The molecular formula is C18H25NO5. The number of likely N-dealkylation sites (tertiary alicyclic amines) is 1.